The predicted octanol–water partition coefficient (Wildman–Crippen LogP) is 1.97. The van der Waals surface area contributed by atoms with Gasteiger partial charge in [-0.1, -0.05) is 0 Å². The van der Waals surface area contributed by atoms with Crippen LogP contribution in [0.4, 0.5) is 17.5 Å². The molecule has 0 bridgehead atoms. The average Bonchev–Trinajstić information content (AvgIpc) is 3.08. The molecule has 3 heterocycles. The fraction of sp³-hybridized carbons (Fsp3) is 0.429. The molecule has 1 aromatic carbocycles. The smallest absolute Gasteiger partial charge is 0.343 e. The number of carbonyl (C=O) groups excluding carboxylic acids is 2. The first-order valence-electron chi connectivity index (χ1n) is 14.6. The summed E-state index contributed by atoms with van der Waals surface area (Å²) in [4.78, 5) is 60.7. The number of anilines is 3. The number of halogens is 2. The Hall–Kier alpha value is -4.19. The van der Waals surface area contributed by atoms with Crippen molar-refractivity contribution in [1.82, 2.24) is 35.0 Å². The number of nitrogen functional groups attached to an aromatic ring is 2. The molecule has 1 amide bonds. The molecule has 3 aromatic rings. The normalized spacial score (nSPS) is 16.0. The predicted molar refractivity (Wildman–Crippen MR) is 185 cm³/mol. The maximum absolute atomic E-state index is 12.4. The Labute approximate surface area is 292 Å². The molecule has 1 unspecified atom stereocenters. The van der Waals surface area contributed by atoms with E-state index in [1.165, 1.54) is 12.1 Å². The third-order valence-electron chi connectivity index (χ3n) is 6.68. The molecule has 0 spiro atoms. The first-order chi connectivity index (χ1) is 23.4. The average molecular weight is 746 g/mol. The molecule has 4 rings (SSSR count). The van der Waals surface area contributed by atoms with Gasteiger partial charge in [-0.15, -0.1) is 23.2 Å². The standard InChI is InChI=1S/C20H22N8O5.C7H15Cl2N2O2P.CH2O/c1-28(9-11-8-23-17-15(24-11)16(21)26-20(22)27-17)12-4-2-10(3-5-12)18(31)25-13(19(32)33)6-7-14(29)30;8-2-5-11(6-3-9)14(12)10-4-1-7-13-14;1-2/h2-5,8,13H,6-7,9H2,1H3,(H,25,31)(H,29,30)(H,32,33)(H4,21,22,23,26,27);1-7H2,(H,10,12);1H2/t13-;;/m0../s1. The van der Waals surface area contributed by atoms with Gasteiger partial charge in [0.25, 0.3) is 5.91 Å². The molecule has 268 valence electrons. The second-order valence-corrected chi connectivity index (χ2v) is 13.1. The topological polar surface area (TPSA) is 269 Å². The monoisotopic (exact) mass is 744 g/mol. The summed E-state index contributed by atoms with van der Waals surface area (Å²) in [6.45, 7) is 4.68. The molecule has 0 aliphatic carbocycles. The van der Waals surface area contributed by atoms with Crippen molar-refractivity contribution in [2.45, 2.75) is 31.8 Å². The third kappa shape index (κ3) is 12.6. The summed E-state index contributed by atoms with van der Waals surface area (Å²) in [6.07, 6.45) is 1.85. The lowest BCUT2D eigenvalue weighted by Gasteiger charge is -2.33. The lowest BCUT2D eigenvalue weighted by Crippen LogP contribution is -2.41. The van der Waals surface area contributed by atoms with Crippen LogP contribution in [0.25, 0.3) is 11.2 Å². The molecule has 2 atom stereocenters. The Kier molecular flexibility index (Phi) is 17.0. The first-order valence-corrected chi connectivity index (χ1v) is 17.3. The number of alkyl halides is 2. The fourth-order valence-electron chi connectivity index (χ4n) is 4.31. The highest BCUT2D eigenvalue weighted by Gasteiger charge is 2.32. The Bertz CT molecular complexity index is 1590. The largest absolute Gasteiger partial charge is 0.481 e. The molecule has 1 aliphatic heterocycles. The third-order valence-corrected chi connectivity index (χ3v) is 9.32. The number of rotatable bonds is 14. The van der Waals surface area contributed by atoms with E-state index < -0.39 is 31.6 Å². The number of aromatic nitrogens is 4. The van der Waals surface area contributed by atoms with E-state index in [0.29, 0.717) is 54.9 Å². The van der Waals surface area contributed by atoms with E-state index in [9.17, 15) is 24.1 Å². The molecule has 0 radical (unpaired) electrons. The van der Waals surface area contributed by atoms with Crippen LogP contribution in [0.2, 0.25) is 0 Å². The lowest BCUT2D eigenvalue weighted by atomic mass is 10.1. The molecular formula is C28H39Cl2N10O8P. The number of carboxylic acids is 2. The molecule has 21 heteroatoms. The van der Waals surface area contributed by atoms with Crippen LogP contribution >= 0.6 is 30.9 Å². The first kappa shape index (κ1) is 41.0. The summed E-state index contributed by atoms with van der Waals surface area (Å²) in [7, 11) is -1.03. The molecular weight excluding hydrogens is 706 g/mol. The van der Waals surface area contributed by atoms with Gasteiger partial charge in [0.2, 0.25) is 5.95 Å². The molecule has 8 N–H and O–H groups in total. The van der Waals surface area contributed by atoms with E-state index in [1.807, 2.05) is 18.7 Å². The molecule has 0 saturated carbocycles. The number of hydrogen-bond acceptors (Lipinski definition) is 13. The zero-order chi connectivity index (χ0) is 36.6. The summed E-state index contributed by atoms with van der Waals surface area (Å²) in [6, 6.07) is 5.16. The molecule has 1 aliphatic rings. The second kappa shape index (κ2) is 20.4. The van der Waals surface area contributed by atoms with Gasteiger partial charge in [-0.3, -0.25) is 14.2 Å². The second-order valence-electron chi connectivity index (χ2n) is 10.1. The van der Waals surface area contributed by atoms with Crippen molar-refractivity contribution < 1.29 is 38.5 Å². The Morgan fingerprint density at radius 3 is 2.31 bits per heavy atom. The van der Waals surface area contributed by atoms with E-state index >= 15 is 0 Å². The van der Waals surface area contributed by atoms with Crippen LogP contribution in [-0.2, 0) is 30.0 Å². The number of carboxylic acid groups (broad SMARTS) is 2. The number of nitrogens with zero attached hydrogens (tertiary/aromatic N) is 6. The molecule has 18 nitrogen and oxygen atoms in total. The number of nitrogens with two attached hydrogens (primary N) is 2. The minimum Gasteiger partial charge on any atom is -0.481 e. The highest BCUT2D eigenvalue weighted by Crippen LogP contribution is 2.48. The number of aliphatic carboxylic acids is 2. The highest BCUT2D eigenvalue weighted by molar-refractivity contribution is 7.54. The van der Waals surface area contributed by atoms with Crippen LogP contribution in [-0.4, -0.2) is 111 Å². The maximum atomic E-state index is 12.4. The number of nitrogens with one attached hydrogen (secondary N) is 2. The fourth-order valence-corrected chi connectivity index (χ4v) is 6.95. The summed E-state index contributed by atoms with van der Waals surface area (Å²) in [5, 5.41) is 23.2. The van der Waals surface area contributed by atoms with Gasteiger partial charge >= 0.3 is 19.6 Å². The van der Waals surface area contributed by atoms with Gasteiger partial charge in [0.15, 0.2) is 17.0 Å². The molecule has 1 saturated heterocycles. The molecule has 2 aromatic heterocycles. The minimum absolute atomic E-state index is 0.0138. The van der Waals surface area contributed by atoms with Crippen LogP contribution in [0.1, 0.15) is 35.3 Å². The Morgan fingerprint density at radius 2 is 1.76 bits per heavy atom. The quantitative estimate of drug-likeness (QED) is 0.102. The molecule has 1 fully saturated rings. The van der Waals surface area contributed by atoms with Gasteiger partial charge in [-0.2, -0.15) is 9.97 Å². The zero-order valence-electron chi connectivity index (χ0n) is 26.6. The van der Waals surface area contributed by atoms with Crippen molar-refractivity contribution in [3.63, 3.8) is 0 Å². The summed E-state index contributed by atoms with van der Waals surface area (Å²) < 4.78 is 19.2. The number of hydrogen-bond donors (Lipinski definition) is 6. The van der Waals surface area contributed by atoms with Crippen molar-refractivity contribution >= 4 is 84.1 Å². The summed E-state index contributed by atoms with van der Waals surface area (Å²) in [5.74, 6) is -2.06. The van der Waals surface area contributed by atoms with E-state index in [-0.39, 0.29) is 30.2 Å². The minimum atomic E-state index is -2.84. The highest BCUT2D eigenvalue weighted by atomic mass is 35.5. The van der Waals surface area contributed by atoms with E-state index in [4.69, 9.17) is 49.1 Å². The van der Waals surface area contributed by atoms with Gasteiger partial charge in [0.05, 0.1) is 25.0 Å². The molecule has 49 heavy (non-hydrogen) atoms. The van der Waals surface area contributed by atoms with Crippen LogP contribution in [0, 0.1) is 0 Å². The van der Waals surface area contributed by atoms with E-state index in [1.54, 1.807) is 23.0 Å². The summed E-state index contributed by atoms with van der Waals surface area (Å²) in [5.41, 5.74) is 13.7. The van der Waals surface area contributed by atoms with Crippen LogP contribution in [0.5, 0.6) is 0 Å². The number of benzene rings is 1. The van der Waals surface area contributed by atoms with Crippen molar-refractivity contribution in [2.75, 3.05) is 61.4 Å². The number of amides is 1. The van der Waals surface area contributed by atoms with Gasteiger partial charge in [0.1, 0.15) is 12.8 Å². The number of fused-ring (bicyclic) bond motifs is 1. The Balaban J connectivity index is 0.000000435. The van der Waals surface area contributed by atoms with Gasteiger partial charge in [-0.05, 0) is 37.1 Å². The van der Waals surface area contributed by atoms with Crippen molar-refractivity contribution in [3.8, 4) is 0 Å². The van der Waals surface area contributed by atoms with Gasteiger partial charge < -0.3 is 41.2 Å². The maximum Gasteiger partial charge on any atom is 0.343 e. The summed E-state index contributed by atoms with van der Waals surface area (Å²) >= 11 is 11.2. The van der Waals surface area contributed by atoms with Gasteiger partial charge in [-0.25, -0.2) is 24.5 Å². The van der Waals surface area contributed by atoms with E-state index in [2.05, 4.69) is 30.3 Å². The van der Waals surface area contributed by atoms with Crippen molar-refractivity contribution in [3.05, 3.63) is 41.7 Å². The SMILES string of the molecule is C=O.CN(Cc1cnc2nc(N)nc(N)c2n1)c1ccc(C(=O)N[C@@H](CCC(=O)O)C(=O)O)cc1.O=P1(N(CCCl)CCCl)NCCCO1. The lowest BCUT2D eigenvalue weighted by molar-refractivity contribution is -0.140. The van der Waals surface area contributed by atoms with Crippen molar-refractivity contribution in [1.29, 1.82) is 0 Å². The zero-order valence-corrected chi connectivity index (χ0v) is 29.0. The van der Waals surface area contributed by atoms with Crippen molar-refractivity contribution in [2.24, 2.45) is 0 Å². The number of carbonyl (C=O) groups is 4. The van der Waals surface area contributed by atoms with E-state index in [0.717, 1.165) is 18.7 Å². The van der Waals surface area contributed by atoms with Crippen LogP contribution in [0.15, 0.2) is 30.5 Å². The van der Waals surface area contributed by atoms with Crippen LogP contribution < -0.4 is 26.8 Å². The van der Waals surface area contributed by atoms with Gasteiger partial charge in [0, 0.05) is 56.1 Å². The Morgan fingerprint density at radius 1 is 1.10 bits per heavy atom. The van der Waals surface area contributed by atoms with Crippen LogP contribution in [0.3, 0.4) is 0 Å².